The van der Waals surface area contributed by atoms with E-state index in [0.717, 1.165) is 43.5 Å². The molecular formula is C41H38N6O. The molecule has 0 saturated carbocycles. The fraction of sp³-hybridized carbons (Fsp3) is 0.268. The summed E-state index contributed by atoms with van der Waals surface area (Å²) >= 11 is 0. The molecule has 0 spiro atoms. The third-order valence-electron chi connectivity index (χ3n) is 11.9. The number of hydrogen-bond acceptors (Lipinski definition) is 7. The molecule has 238 valence electrons. The summed E-state index contributed by atoms with van der Waals surface area (Å²) in [7, 11) is 2.28. The lowest BCUT2D eigenvalue weighted by atomic mass is 9.74. The molecule has 7 heteroatoms. The molecule has 0 radical (unpaired) electrons. The van der Waals surface area contributed by atoms with Crippen LogP contribution in [0.25, 0.3) is 21.9 Å². The Bertz CT molecular complexity index is 2200. The predicted molar refractivity (Wildman–Crippen MR) is 192 cm³/mol. The van der Waals surface area contributed by atoms with Crippen LogP contribution in [0.1, 0.15) is 29.0 Å². The number of fused-ring (bicyclic) bond motifs is 11. The smallest absolute Gasteiger partial charge is 0.159 e. The molecule has 5 atom stereocenters. The van der Waals surface area contributed by atoms with Crippen LogP contribution in [0.2, 0.25) is 0 Å². The van der Waals surface area contributed by atoms with E-state index < -0.39 is 0 Å². The van der Waals surface area contributed by atoms with Crippen molar-refractivity contribution in [3.8, 4) is 0 Å². The van der Waals surface area contributed by atoms with E-state index in [9.17, 15) is 0 Å². The molecule has 1 saturated heterocycles. The third kappa shape index (κ3) is 3.54. The Labute approximate surface area is 280 Å². The van der Waals surface area contributed by atoms with Crippen molar-refractivity contribution in [2.75, 3.05) is 34.8 Å². The van der Waals surface area contributed by atoms with Crippen LogP contribution in [-0.4, -0.2) is 53.3 Å². The molecule has 48 heavy (non-hydrogen) atoms. The van der Waals surface area contributed by atoms with Crippen LogP contribution in [0, 0.1) is 5.92 Å². The minimum Gasteiger partial charge on any atom is -0.454 e. The highest BCUT2D eigenvalue weighted by Crippen LogP contribution is 2.55. The number of furan rings is 1. The van der Waals surface area contributed by atoms with Crippen molar-refractivity contribution in [3.05, 3.63) is 139 Å². The van der Waals surface area contributed by atoms with Gasteiger partial charge in [-0.3, -0.25) is 0 Å². The van der Waals surface area contributed by atoms with Gasteiger partial charge in [-0.15, -0.1) is 0 Å². The van der Waals surface area contributed by atoms with Gasteiger partial charge in [-0.05, 0) is 54.2 Å². The molecule has 5 aromatic rings. The zero-order chi connectivity index (χ0) is 31.5. The molecule has 7 heterocycles. The maximum absolute atomic E-state index is 6.85. The summed E-state index contributed by atoms with van der Waals surface area (Å²) in [5, 5.41) is 2.36. The van der Waals surface area contributed by atoms with Gasteiger partial charge in [-0.1, -0.05) is 66.7 Å². The zero-order valence-corrected chi connectivity index (χ0v) is 27.1. The van der Waals surface area contributed by atoms with Crippen LogP contribution in [-0.2, 0) is 12.8 Å². The first kappa shape index (κ1) is 26.7. The van der Waals surface area contributed by atoms with Gasteiger partial charge in [0.25, 0.3) is 0 Å². The van der Waals surface area contributed by atoms with Crippen LogP contribution >= 0.6 is 0 Å². The molecule has 6 aliphatic heterocycles. The minimum absolute atomic E-state index is 0.0629. The molecule has 1 fully saturated rings. The number of rotatable bonds is 0. The summed E-state index contributed by atoms with van der Waals surface area (Å²) in [6.45, 7) is 2.04. The van der Waals surface area contributed by atoms with Gasteiger partial charge in [-0.2, -0.15) is 0 Å². The first-order chi connectivity index (χ1) is 23.7. The second-order valence-electron chi connectivity index (χ2n) is 14.2. The molecule has 5 unspecified atom stereocenters. The Balaban J connectivity index is 1.23. The average molecular weight is 631 g/mol. The van der Waals surface area contributed by atoms with Gasteiger partial charge in [0.1, 0.15) is 24.1 Å². The summed E-state index contributed by atoms with van der Waals surface area (Å²) < 4.78 is 6.85. The van der Waals surface area contributed by atoms with Crippen molar-refractivity contribution in [2.24, 2.45) is 5.92 Å². The molecule has 7 nitrogen and oxygen atoms in total. The first-order valence-corrected chi connectivity index (χ1v) is 17.5. The zero-order valence-electron chi connectivity index (χ0n) is 27.1. The van der Waals surface area contributed by atoms with Crippen molar-refractivity contribution in [1.29, 1.82) is 0 Å². The van der Waals surface area contributed by atoms with E-state index in [1.165, 1.54) is 44.5 Å². The van der Waals surface area contributed by atoms with Crippen LogP contribution < -0.4 is 14.7 Å². The molecular weight excluding hydrogens is 592 g/mol. The van der Waals surface area contributed by atoms with Crippen LogP contribution in [0.4, 0.5) is 17.1 Å². The fourth-order valence-electron chi connectivity index (χ4n) is 9.92. The van der Waals surface area contributed by atoms with Crippen LogP contribution in [0.15, 0.2) is 127 Å². The first-order valence-electron chi connectivity index (χ1n) is 17.5. The quantitative estimate of drug-likeness (QED) is 0.174. The fourth-order valence-corrected chi connectivity index (χ4v) is 9.92. The molecule has 4 aromatic carbocycles. The maximum atomic E-state index is 6.85. The molecule has 1 aromatic heterocycles. The summed E-state index contributed by atoms with van der Waals surface area (Å²) in [5.41, 5.74) is 9.94. The number of para-hydroxylation sites is 3. The van der Waals surface area contributed by atoms with Gasteiger partial charge >= 0.3 is 0 Å². The Morgan fingerprint density at radius 3 is 2.19 bits per heavy atom. The van der Waals surface area contributed by atoms with E-state index in [1.54, 1.807) is 0 Å². The number of nitrogens with zero attached hydrogens (tertiary/aromatic N) is 6. The van der Waals surface area contributed by atoms with Gasteiger partial charge in [0.2, 0.25) is 0 Å². The molecule has 4 bridgehead atoms. The van der Waals surface area contributed by atoms with Crippen molar-refractivity contribution in [1.82, 2.24) is 14.7 Å². The summed E-state index contributed by atoms with van der Waals surface area (Å²) in [6, 6.07) is 31.5. The highest BCUT2D eigenvalue weighted by Gasteiger charge is 2.56. The van der Waals surface area contributed by atoms with Crippen LogP contribution in [0.5, 0.6) is 0 Å². The Kier molecular flexibility index (Phi) is 5.49. The lowest BCUT2D eigenvalue weighted by molar-refractivity contribution is 0.0970. The van der Waals surface area contributed by atoms with E-state index in [4.69, 9.17) is 4.42 Å². The predicted octanol–water partition coefficient (Wildman–Crippen LogP) is 7.59. The lowest BCUT2D eigenvalue weighted by Gasteiger charge is -2.54. The topological polar surface area (TPSA) is 32.6 Å². The Morgan fingerprint density at radius 2 is 1.29 bits per heavy atom. The number of aryl methyl sites for hydroxylation is 2. The molecule has 11 rings (SSSR count). The Hall–Kier alpha value is -5.30. The number of hydrogen-bond donors (Lipinski definition) is 0. The van der Waals surface area contributed by atoms with Gasteiger partial charge in [-0.25, -0.2) is 0 Å². The summed E-state index contributed by atoms with van der Waals surface area (Å²) in [5.74, 6) is 0.417. The minimum atomic E-state index is 0.0629. The van der Waals surface area contributed by atoms with Gasteiger partial charge < -0.3 is 33.8 Å². The van der Waals surface area contributed by atoms with E-state index in [0.29, 0.717) is 0 Å². The average Bonchev–Trinajstić information content (AvgIpc) is 3.90. The number of anilines is 3. The molecule has 0 N–H and O–H groups in total. The summed E-state index contributed by atoms with van der Waals surface area (Å²) in [6.07, 6.45) is 17.4. The monoisotopic (exact) mass is 630 g/mol. The van der Waals surface area contributed by atoms with Crippen molar-refractivity contribution < 1.29 is 4.42 Å². The van der Waals surface area contributed by atoms with Crippen molar-refractivity contribution in [2.45, 2.75) is 43.7 Å². The maximum Gasteiger partial charge on any atom is 0.159 e. The van der Waals surface area contributed by atoms with Crippen molar-refractivity contribution >= 4 is 39.0 Å². The molecule has 0 aliphatic carbocycles. The van der Waals surface area contributed by atoms with E-state index in [-0.39, 0.29) is 30.3 Å². The standard InChI is InChI=1S/C41H38N6O/c1-42-21-24-47-37-28(17-18-30-29-10-4-7-14-34(29)48-38(30)37)16-15-27-9-2-5-12-32(27)45-25-22-43-19-8-20-44-23-26-46-33-13-6-3-11-31(33)35(40(43)45)36(39(42)47)41(44)46/h2-7,9-14,17-18,21-26,35-36,39-41H,8,15-16,19-20H2,1H3. The van der Waals surface area contributed by atoms with E-state index in [2.05, 4.69) is 159 Å². The van der Waals surface area contributed by atoms with Gasteiger partial charge in [0, 0.05) is 91.3 Å². The van der Waals surface area contributed by atoms with Crippen molar-refractivity contribution in [3.63, 3.8) is 0 Å². The lowest BCUT2D eigenvalue weighted by Crippen LogP contribution is -2.62. The number of benzene rings is 4. The molecule has 6 aliphatic rings. The summed E-state index contributed by atoms with van der Waals surface area (Å²) in [4.78, 5) is 15.5. The third-order valence-corrected chi connectivity index (χ3v) is 11.9. The van der Waals surface area contributed by atoms with Gasteiger partial charge in [0.15, 0.2) is 5.58 Å². The van der Waals surface area contributed by atoms with E-state index in [1.807, 2.05) is 0 Å². The van der Waals surface area contributed by atoms with Crippen LogP contribution in [0.3, 0.4) is 0 Å². The van der Waals surface area contributed by atoms with Gasteiger partial charge in [0.05, 0.1) is 5.69 Å². The highest BCUT2D eigenvalue weighted by atomic mass is 16.3. The normalized spacial score (nSPS) is 26.6. The molecule has 0 amide bonds. The highest BCUT2D eigenvalue weighted by molar-refractivity contribution is 6.09. The van der Waals surface area contributed by atoms with E-state index >= 15 is 0 Å². The largest absolute Gasteiger partial charge is 0.454 e. The Morgan fingerprint density at radius 1 is 0.583 bits per heavy atom. The second-order valence-corrected chi connectivity index (χ2v) is 14.2. The SMILES string of the molecule is CN1C=CN2c3c(ccc4c3oc3ccccc34)CCc3ccccc3N3C=CN4CCCN5C=CN6c7ccccc7C(C(C12)C56)C43. The second kappa shape index (κ2) is 9.86.